The van der Waals surface area contributed by atoms with Crippen molar-refractivity contribution < 1.29 is 4.74 Å². The second-order valence-corrected chi connectivity index (χ2v) is 4.69. The Bertz CT molecular complexity index is 464. The summed E-state index contributed by atoms with van der Waals surface area (Å²) < 4.78 is 5.07. The second-order valence-electron chi connectivity index (χ2n) is 4.26. The molecular formula is C16H17ClO. The summed E-state index contributed by atoms with van der Waals surface area (Å²) >= 11 is 6.46. The summed E-state index contributed by atoms with van der Waals surface area (Å²) in [6.07, 6.45) is 0.940. The fraction of sp³-hybridized carbons (Fsp3) is 0.250. The van der Waals surface area contributed by atoms with Crippen LogP contribution in [0.5, 0.6) is 0 Å². The van der Waals surface area contributed by atoms with Gasteiger partial charge in [-0.2, -0.15) is 0 Å². The van der Waals surface area contributed by atoms with Gasteiger partial charge in [-0.15, -0.1) is 11.6 Å². The summed E-state index contributed by atoms with van der Waals surface area (Å²) in [6.45, 7) is 0.752. The maximum Gasteiger partial charge on any atom is 0.0835 e. The van der Waals surface area contributed by atoms with Crippen molar-refractivity contribution in [1.29, 1.82) is 0 Å². The predicted molar refractivity (Wildman–Crippen MR) is 76.2 cm³/mol. The van der Waals surface area contributed by atoms with Crippen molar-refractivity contribution in [3.05, 3.63) is 71.3 Å². The number of methoxy groups -OCH3 is 1. The molecule has 0 aromatic heterocycles. The fourth-order valence-corrected chi connectivity index (χ4v) is 2.18. The van der Waals surface area contributed by atoms with Crippen LogP contribution in [0.4, 0.5) is 0 Å². The van der Waals surface area contributed by atoms with Gasteiger partial charge in [-0.05, 0) is 23.1 Å². The number of benzene rings is 2. The first-order valence-corrected chi connectivity index (χ1v) is 6.51. The smallest absolute Gasteiger partial charge is 0.0835 e. The van der Waals surface area contributed by atoms with Crippen molar-refractivity contribution in [2.75, 3.05) is 13.7 Å². The highest BCUT2D eigenvalue weighted by molar-refractivity contribution is 6.22. The number of rotatable bonds is 5. The minimum atomic E-state index is -0.0809. The molecule has 2 aromatic rings. The van der Waals surface area contributed by atoms with Crippen LogP contribution >= 0.6 is 11.6 Å². The molecular weight excluding hydrogens is 244 g/mol. The van der Waals surface area contributed by atoms with Crippen LogP contribution in [0.25, 0.3) is 0 Å². The predicted octanol–water partition coefficient (Wildman–Crippen LogP) is 4.20. The van der Waals surface area contributed by atoms with E-state index in [4.69, 9.17) is 16.3 Å². The Labute approximate surface area is 113 Å². The molecule has 1 unspecified atom stereocenters. The molecule has 1 atom stereocenters. The first kappa shape index (κ1) is 13.1. The molecule has 0 amide bonds. The van der Waals surface area contributed by atoms with Crippen LogP contribution in [0.1, 0.15) is 22.1 Å². The second kappa shape index (κ2) is 6.58. The Morgan fingerprint density at radius 3 is 2.17 bits per heavy atom. The minimum Gasteiger partial charge on any atom is -0.384 e. The van der Waals surface area contributed by atoms with Crippen LogP contribution in [0.15, 0.2) is 54.6 Å². The van der Waals surface area contributed by atoms with Gasteiger partial charge in [0, 0.05) is 7.11 Å². The van der Waals surface area contributed by atoms with Crippen LogP contribution in [0.3, 0.4) is 0 Å². The first-order chi connectivity index (χ1) is 8.81. The summed E-state index contributed by atoms with van der Waals surface area (Å²) in [5, 5.41) is -0.0809. The minimum absolute atomic E-state index is 0.0809. The van der Waals surface area contributed by atoms with E-state index in [0.717, 1.165) is 24.2 Å². The van der Waals surface area contributed by atoms with Gasteiger partial charge in [0.25, 0.3) is 0 Å². The Morgan fingerprint density at radius 1 is 0.944 bits per heavy atom. The van der Waals surface area contributed by atoms with Gasteiger partial charge in [0.2, 0.25) is 0 Å². The van der Waals surface area contributed by atoms with Gasteiger partial charge in [0.05, 0.1) is 12.0 Å². The van der Waals surface area contributed by atoms with E-state index in [1.165, 1.54) is 5.56 Å². The molecule has 2 aromatic carbocycles. The van der Waals surface area contributed by atoms with E-state index in [9.17, 15) is 0 Å². The average molecular weight is 261 g/mol. The molecule has 0 aliphatic heterocycles. The Kier molecular flexibility index (Phi) is 4.80. The van der Waals surface area contributed by atoms with Crippen LogP contribution in [0, 0.1) is 0 Å². The van der Waals surface area contributed by atoms with Gasteiger partial charge in [-0.3, -0.25) is 0 Å². The van der Waals surface area contributed by atoms with Crippen molar-refractivity contribution in [2.24, 2.45) is 0 Å². The summed E-state index contributed by atoms with van der Waals surface area (Å²) in [7, 11) is 1.72. The Hall–Kier alpha value is -1.31. The van der Waals surface area contributed by atoms with E-state index < -0.39 is 0 Å². The fourth-order valence-electron chi connectivity index (χ4n) is 1.89. The van der Waals surface area contributed by atoms with Crippen molar-refractivity contribution >= 4 is 11.6 Å². The molecule has 0 N–H and O–H groups in total. The summed E-state index contributed by atoms with van der Waals surface area (Å²) in [6, 6.07) is 18.5. The molecule has 0 fully saturated rings. The standard InChI is InChI=1S/C16H17ClO/c1-18-12-11-13-7-9-15(10-8-13)16(17)14-5-3-2-4-6-14/h2-10,16H,11-12H2,1H3. The molecule has 0 heterocycles. The van der Waals surface area contributed by atoms with Crippen LogP contribution < -0.4 is 0 Å². The monoisotopic (exact) mass is 260 g/mol. The zero-order valence-electron chi connectivity index (χ0n) is 10.5. The lowest BCUT2D eigenvalue weighted by molar-refractivity contribution is 0.202. The lowest BCUT2D eigenvalue weighted by Crippen LogP contribution is -1.96. The molecule has 2 rings (SSSR count). The van der Waals surface area contributed by atoms with Gasteiger partial charge in [0.15, 0.2) is 0 Å². The van der Waals surface area contributed by atoms with Gasteiger partial charge in [-0.25, -0.2) is 0 Å². The van der Waals surface area contributed by atoms with E-state index >= 15 is 0 Å². The lowest BCUT2D eigenvalue weighted by atomic mass is 10.0. The van der Waals surface area contributed by atoms with Crippen molar-refractivity contribution in [2.45, 2.75) is 11.8 Å². The molecule has 0 spiro atoms. The third kappa shape index (κ3) is 3.34. The number of halogens is 1. The van der Waals surface area contributed by atoms with E-state index in [1.807, 2.05) is 18.2 Å². The van der Waals surface area contributed by atoms with Crippen LogP contribution in [-0.4, -0.2) is 13.7 Å². The number of ether oxygens (including phenoxy) is 1. The maximum absolute atomic E-state index is 6.46. The molecule has 0 radical (unpaired) electrons. The van der Waals surface area contributed by atoms with Gasteiger partial charge in [0.1, 0.15) is 0 Å². The zero-order chi connectivity index (χ0) is 12.8. The van der Waals surface area contributed by atoms with Crippen molar-refractivity contribution in [1.82, 2.24) is 0 Å². The number of alkyl halides is 1. The largest absolute Gasteiger partial charge is 0.384 e. The van der Waals surface area contributed by atoms with E-state index in [1.54, 1.807) is 7.11 Å². The van der Waals surface area contributed by atoms with Gasteiger partial charge >= 0.3 is 0 Å². The maximum atomic E-state index is 6.46. The topological polar surface area (TPSA) is 9.23 Å². The zero-order valence-corrected chi connectivity index (χ0v) is 11.2. The van der Waals surface area contributed by atoms with Gasteiger partial charge < -0.3 is 4.74 Å². The van der Waals surface area contributed by atoms with E-state index in [-0.39, 0.29) is 5.38 Å². The highest BCUT2D eigenvalue weighted by Crippen LogP contribution is 2.28. The van der Waals surface area contributed by atoms with Crippen LogP contribution in [-0.2, 0) is 11.2 Å². The summed E-state index contributed by atoms with van der Waals surface area (Å²) in [4.78, 5) is 0. The Morgan fingerprint density at radius 2 is 1.56 bits per heavy atom. The van der Waals surface area contributed by atoms with Gasteiger partial charge in [-0.1, -0.05) is 54.6 Å². The number of hydrogen-bond donors (Lipinski definition) is 0. The molecule has 0 bridgehead atoms. The Balaban J connectivity index is 2.09. The highest BCUT2D eigenvalue weighted by atomic mass is 35.5. The molecule has 0 saturated carbocycles. The molecule has 0 aliphatic carbocycles. The third-order valence-electron chi connectivity index (χ3n) is 2.96. The summed E-state index contributed by atoms with van der Waals surface area (Å²) in [5.74, 6) is 0. The molecule has 2 heteroatoms. The van der Waals surface area contributed by atoms with Crippen molar-refractivity contribution in [3.63, 3.8) is 0 Å². The molecule has 1 nitrogen and oxygen atoms in total. The third-order valence-corrected chi connectivity index (χ3v) is 3.46. The molecule has 18 heavy (non-hydrogen) atoms. The van der Waals surface area contributed by atoms with E-state index in [0.29, 0.717) is 0 Å². The quantitative estimate of drug-likeness (QED) is 0.732. The first-order valence-electron chi connectivity index (χ1n) is 6.08. The normalized spacial score (nSPS) is 12.3. The SMILES string of the molecule is COCCc1ccc(C(Cl)c2ccccc2)cc1. The summed E-state index contributed by atoms with van der Waals surface area (Å²) in [5.41, 5.74) is 3.53. The molecule has 0 saturated heterocycles. The molecule has 0 aliphatic rings. The number of hydrogen-bond acceptors (Lipinski definition) is 1. The highest BCUT2D eigenvalue weighted by Gasteiger charge is 2.09. The lowest BCUT2D eigenvalue weighted by Gasteiger charge is -2.11. The van der Waals surface area contributed by atoms with Crippen LogP contribution in [0.2, 0.25) is 0 Å². The average Bonchev–Trinajstić information content (AvgIpc) is 2.46. The van der Waals surface area contributed by atoms with E-state index in [2.05, 4.69) is 36.4 Å². The van der Waals surface area contributed by atoms with Crippen molar-refractivity contribution in [3.8, 4) is 0 Å². The molecule has 94 valence electrons.